The fourth-order valence-corrected chi connectivity index (χ4v) is 1.05. The largest absolute Gasteiger partial charge is 0.406 e. The quantitative estimate of drug-likeness (QED) is 0.435. The van der Waals surface area contributed by atoms with Crippen molar-refractivity contribution in [3.8, 4) is 0 Å². The normalized spacial score (nSPS) is 10.9. The molecule has 0 aliphatic heterocycles. The lowest BCUT2D eigenvalue weighted by molar-refractivity contribution is -0.165. The number of nitrogens with two attached hydrogens (primary N) is 1. The van der Waals surface area contributed by atoms with Crippen LogP contribution < -0.4 is 11.1 Å². The summed E-state index contributed by atoms with van der Waals surface area (Å²) < 4.78 is 36.4. The molecule has 6 nitrogen and oxygen atoms in total. The van der Waals surface area contributed by atoms with Crippen molar-refractivity contribution in [3.63, 3.8) is 0 Å². The first-order valence-corrected chi connectivity index (χ1v) is 5.11. The Hall–Kier alpha value is -1.42. The van der Waals surface area contributed by atoms with Crippen LogP contribution >= 0.6 is 12.2 Å². The molecule has 0 saturated heterocycles. The van der Waals surface area contributed by atoms with Crippen molar-refractivity contribution >= 4 is 29.0 Å². The third-order valence-corrected chi connectivity index (χ3v) is 1.79. The highest BCUT2D eigenvalue weighted by molar-refractivity contribution is 7.80. The number of nitrogens with zero attached hydrogens (tertiary/aromatic N) is 1. The minimum absolute atomic E-state index is 0.110. The number of halogens is 3. The van der Waals surface area contributed by atoms with E-state index in [1.165, 1.54) is 0 Å². The van der Waals surface area contributed by atoms with Crippen LogP contribution in [-0.4, -0.2) is 59.2 Å². The number of aliphatic hydroxyl groups excluding tert-OH is 1. The second-order valence-electron chi connectivity index (χ2n) is 3.21. The van der Waals surface area contributed by atoms with Gasteiger partial charge in [0.2, 0.25) is 0 Å². The summed E-state index contributed by atoms with van der Waals surface area (Å²) in [7, 11) is 0. The number of alkyl halides is 3. The lowest BCUT2D eigenvalue weighted by Crippen LogP contribution is -2.48. The van der Waals surface area contributed by atoms with E-state index in [4.69, 9.17) is 10.8 Å². The fourth-order valence-electron chi connectivity index (χ4n) is 0.976. The molecule has 0 aliphatic rings. The van der Waals surface area contributed by atoms with Crippen LogP contribution in [0.3, 0.4) is 0 Å². The van der Waals surface area contributed by atoms with Gasteiger partial charge in [-0.15, -0.1) is 0 Å². The van der Waals surface area contributed by atoms with Crippen molar-refractivity contribution in [1.29, 1.82) is 0 Å². The van der Waals surface area contributed by atoms with Crippen molar-refractivity contribution in [2.75, 3.05) is 26.2 Å². The molecule has 0 radical (unpaired) electrons. The molecule has 0 bridgehead atoms. The molecule has 0 atom stereocenters. The molecule has 0 rings (SSSR count). The summed E-state index contributed by atoms with van der Waals surface area (Å²) in [5, 5.41) is 10.5. The van der Waals surface area contributed by atoms with Gasteiger partial charge in [-0.25, -0.2) is 0 Å². The van der Waals surface area contributed by atoms with Gasteiger partial charge in [0.25, 0.3) is 0 Å². The van der Waals surface area contributed by atoms with E-state index in [-0.39, 0.29) is 16.4 Å². The predicted octanol–water partition coefficient (Wildman–Crippen LogP) is -1.23. The van der Waals surface area contributed by atoms with Crippen LogP contribution in [0.25, 0.3) is 0 Å². The molecule has 2 amide bonds. The van der Waals surface area contributed by atoms with E-state index in [1.807, 2.05) is 5.32 Å². The van der Waals surface area contributed by atoms with Crippen molar-refractivity contribution < 1.29 is 27.9 Å². The summed E-state index contributed by atoms with van der Waals surface area (Å²) in [5.41, 5.74) is 5.05. The Morgan fingerprint density at radius 2 is 1.94 bits per heavy atom. The van der Waals surface area contributed by atoms with E-state index < -0.39 is 37.7 Å². The molecular formula is C8H12F3N3O3S. The number of hydrogen-bond donors (Lipinski definition) is 3. The molecule has 0 aromatic carbocycles. The summed E-state index contributed by atoms with van der Waals surface area (Å²) >= 11 is 4.42. The predicted molar refractivity (Wildman–Crippen MR) is 59.5 cm³/mol. The van der Waals surface area contributed by atoms with E-state index in [0.29, 0.717) is 0 Å². The fraction of sp³-hybridized carbons (Fsp3) is 0.625. The number of thiocarbonyl (C=S) groups is 1. The molecule has 0 aromatic rings. The van der Waals surface area contributed by atoms with Gasteiger partial charge in [0.15, 0.2) is 0 Å². The topological polar surface area (TPSA) is 95.7 Å². The van der Waals surface area contributed by atoms with E-state index in [0.717, 1.165) is 0 Å². The van der Waals surface area contributed by atoms with E-state index in [2.05, 4.69) is 12.2 Å². The Kier molecular flexibility index (Phi) is 6.55. The Morgan fingerprint density at radius 1 is 1.39 bits per heavy atom. The van der Waals surface area contributed by atoms with Crippen molar-refractivity contribution in [1.82, 2.24) is 10.2 Å². The van der Waals surface area contributed by atoms with Crippen LogP contribution in [-0.2, 0) is 9.59 Å². The summed E-state index contributed by atoms with van der Waals surface area (Å²) in [6, 6.07) is 0. The highest BCUT2D eigenvalue weighted by Crippen LogP contribution is 2.16. The van der Waals surface area contributed by atoms with Crippen LogP contribution in [0.2, 0.25) is 0 Å². The van der Waals surface area contributed by atoms with Gasteiger partial charge in [-0.1, -0.05) is 12.2 Å². The molecule has 10 heteroatoms. The number of hydrogen-bond acceptors (Lipinski definition) is 4. The number of carbonyl (C=O) groups is 2. The second kappa shape index (κ2) is 7.11. The summed E-state index contributed by atoms with van der Waals surface area (Å²) in [6.45, 7) is -3.20. The maximum Gasteiger partial charge on any atom is 0.406 e. The molecule has 18 heavy (non-hydrogen) atoms. The highest BCUT2D eigenvalue weighted by atomic mass is 32.1. The average molecular weight is 287 g/mol. The SMILES string of the molecule is NC(=S)CNC(=O)C(=O)N(CCO)CC(F)(F)F. The average Bonchev–Trinajstić information content (AvgIpc) is 2.22. The molecular weight excluding hydrogens is 275 g/mol. The monoisotopic (exact) mass is 287 g/mol. The number of rotatable bonds is 5. The van der Waals surface area contributed by atoms with Crippen LogP contribution in [0.4, 0.5) is 13.2 Å². The van der Waals surface area contributed by atoms with Gasteiger partial charge in [0, 0.05) is 6.54 Å². The zero-order valence-electron chi connectivity index (χ0n) is 9.16. The van der Waals surface area contributed by atoms with Crippen LogP contribution in [0.15, 0.2) is 0 Å². The van der Waals surface area contributed by atoms with Crippen molar-refractivity contribution in [3.05, 3.63) is 0 Å². The van der Waals surface area contributed by atoms with Gasteiger partial charge < -0.3 is 21.1 Å². The zero-order valence-corrected chi connectivity index (χ0v) is 9.98. The second-order valence-corrected chi connectivity index (χ2v) is 3.74. The van der Waals surface area contributed by atoms with E-state index in [9.17, 15) is 22.8 Å². The van der Waals surface area contributed by atoms with Gasteiger partial charge >= 0.3 is 18.0 Å². The van der Waals surface area contributed by atoms with Gasteiger partial charge in [0.05, 0.1) is 18.1 Å². The molecule has 0 aliphatic carbocycles. The maximum atomic E-state index is 12.1. The van der Waals surface area contributed by atoms with Gasteiger partial charge in [-0.2, -0.15) is 13.2 Å². The van der Waals surface area contributed by atoms with Gasteiger partial charge in [-0.05, 0) is 0 Å². The van der Waals surface area contributed by atoms with Crippen molar-refractivity contribution in [2.24, 2.45) is 5.73 Å². The first-order valence-electron chi connectivity index (χ1n) is 4.70. The maximum absolute atomic E-state index is 12.1. The molecule has 0 aromatic heterocycles. The minimum atomic E-state index is -4.66. The molecule has 104 valence electrons. The molecule has 0 heterocycles. The minimum Gasteiger partial charge on any atom is -0.395 e. The van der Waals surface area contributed by atoms with Crippen LogP contribution in [0.5, 0.6) is 0 Å². The third-order valence-electron chi connectivity index (χ3n) is 1.64. The Bertz CT molecular complexity index is 335. The van der Waals surface area contributed by atoms with E-state index in [1.54, 1.807) is 0 Å². The number of amides is 2. The molecule has 4 N–H and O–H groups in total. The first kappa shape index (κ1) is 16.6. The zero-order chi connectivity index (χ0) is 14.3. The van der Waals surface area contributed by atoms with Crippen LogP contribution in [0.1, 0.15) is 0 Å². The summed E-state index contributed by atoms with van der Waals surface area (Å²) in [5.74, 6) is -2.67. The molecule has 0 unspecified atom stereocenters. The standard InChI is InChI=1S/C8H12F3N3O3S/c9-8(10,11)4-14(1-2-15)7(17)6(16)13-3-5(12)18/h15H,1-4H2,(H2,12,18)(H,13,16). The molecule has 0 fully saturated rings. The van der Waals surface area contributed by atoms with Crippen LogP contribution in [0, 0.1) is 0 Å². The Balaban J connectivity index is 4.55. The van der Waals surface area contributed by atoms with Gasteiger partial charge in [-0.3, -0.25) is 9.59 Å². The third kappa shape index (κ3) is 7.01. The lowest BCUT2D eigenvalue weighted by Gasteiger charge is -2.22. The van der Waals surface area contributed by atoms with Gasteiger partial charge in [0.1, 0.15) is 6.54 Å². The Labute approximate surface area is 106 Å². The molecule has 0 spiro atoms. The first-order chi connectivity index (χ1) is 8.17. The van der Waals surface area contributed by atoms with E-state index >= 15 is 0 Å². The summed E-state index contributed by atoms with van der Waals surface area (Å²) in [4.78, 5) is 22.6. The number of aliphatic hydroxyl groups is 1. The molecule has 0 saturated carbocycles. The Morgan fingerprint density at radius 3 is 2.33 bits per heavy atom. The highest BCUT2D eigenvalue weighted by Gasteiger charge is 2.34. The number of nitrogens with one attached hydrogen (secondary N) is 1. The smallest absolute Gasteiger partial charge is 0.395 e. The van der Waals surface area contributed by atoms with Crippen molar-refractivity contribution in [2.45, 2.75) is 6.18 Å². The lowest BCUT2D eigenvalue weighted by atomic mass is 10.4. The summed E-state index contributed by atoms with van der Waals surface area (Å²) in [6.07, 6.45) is -4.66. The number of carbonyl (C=O) groups excluding carboxylic acids is 2.